The summed E-state index contributed by atoms with van der Waals surface area (Å²) < 4.78 is 4.58. The Morgan fingerprint density at radius 2 is 2.00 bits per heavy atom. The van der Waals surface area contributed by atoms with Gasteiger partial charge >= 0.3 is 5.97 Å². The number of ether oxygens (including phenoxy) is 1. The molecule has 0 amide bonds. The van der Waals surface area contributed by atoms with Gasteiger partial charge in [0.25, 0.3) is 0 Å². The highest BCUT2D eigenvalue weighted by Gasteiger charge is 2.16. The Morgan fingerprint density at radius 3 is 2.50 bits per heavy atom. The number of methoxy groups -OCH3 is 1. The highest BCUT2D eigenvalue weighted by Crippen LogP contribution is 2.27. The van der Waals surface area contributed by atoms with Gasteiger partial charge in [0.1, 0.15) is 5.75 Å². The van der Waals surface area contributed by atoms with Gasteiger partial charge in [-0.3, -0.25) is 4.79 Å². The Bertz CT molecular complexity index is 389. The molecule has 0 unspecified atom stereocenters. The Labute approximate surface area is 96.1 Å². The van der Waals surface area contributed by atoms with E-state index in [-0.39, 0.29) is 23.6 Å². The number of aromatic hydroxyl groups is 1. The van der Waals surface area contributed by atoms with Crippen molar-refractivity contribution in [3.05, 3.63) is 29.3 Å². The van der Waals surface area contributed by atoms with Gasteiger partial charge in [0.05, 0.1) is 13.5 Å². The van der Waals surface area contributed by atoms with Gasteiger partial charge in [-0.1, -0.05) is 32.9 Å². The van der Waals surface area contributed by atoms with Crippen LogP contribution in [0.15, 0.2) is 18.2 Å². The Balaban J connectivity index is 3.04. The van der Waals surface area contributed by atoms with E-state index in [2.05, 4.69) is 25.5 Å². The van der Waals surface area contributed by atoms with Crippen LogP contribution in [0, 0.1) is 0 Å². The van der Waals surface area contributed by atoms with Crippen LogP contribution in [0.25, 0.3) is 0 Å². The first-order valence-corrected chi connectivity index (χ1v) is 5.24. The molecule has 1 N–H and O–H groups in total. The fourth-order valence-corrected chi connectivity index (χ4v) is 1.42. The molecule has 16 heavy (non-hydrogen) atoms. The molecule has 0 saturated carbocycles. The van der Waals surface area contributed by atoms with E-state index in [4.69, 9.17) is 0 Å². The second kappa shape index (κ2) is 4.56. The summed E-state index contributed by atoms with van der Waals surface area (Å²) in [5.41, 5.74) is 1.70. The lowest BCUT2D eigenvalue weighted by atomic mass is 9.86. The second-order valence-electron chi connectivity index (χ2n) is 4.85. The molecule has 0 aliphatic rings. The molecule has 1 aromatic carbocycles. The molecule has 0 saturated heterocycles. The monoisotopic (exact) mass is 222 g/mol. The standard InChI is InChI=1S/C13H18O3/c1-13(2,3)10-5-6-11(14)9(7-10)8-12(15)16-4/h5-7,14H,8H2,1-4H3. The molecule has 0 radical (unpaired) electrons. The summed E-state index contributed by atoms with van der Waals surface area (Å²) in [6.45, 7) is 6.25. The zero-order valence-electron chi connectivity index (χ0n) is 10.2. The molecule has 3 heteroatoms. The number of esters is 1. The zero-order chi connectivity index (χ0) is 12.3. The van der Waals surface area contributed by atoms with Gasteiger partial charge in [-0.25, -0.2) is 0 Å². The van der Waals surface area contributed by atoms with Crippen molar-refractivity contribution in [2.24, 2.45) is 0 Å². The first-order chi connectivity index (χ1) is 7.34. The molecule has 0 aliphatic carbocycles. The number of hydrogen-bond acceptors (Lipinski definition) is 3. The molecule has 0 aliphatic heterocycles. The molecule has 1 rings (SSSR count). The predicted octanol–water partition coefficient (Wildman–Crippen LogP) is 2.41. The minimum absolute atomic E-state index is 0.00142. The molecule has 0 atom stereocenters. The zero-order valence-corrected chi connectivity index (χ0v) is 10.2. The molecule has 0 fully saturated rings. The summed E-state index contributed by atoms with van der Waals surface area (Å²) in [5, 5.41) is 9.64. The van der Waals surface area contributed by atoms with Crippen LogP contribution in [0.1, 0.15) is 31.9 Å². The minimum Gasteiger partial charge on any atom is -0.508 e. The molecule has 0 spiro atoms. The molecule has 0 heterocycles. The lowest BCUT2D eigenvalue weighted by Gasteiger charge is -2.20. The smallest absolute Gasteiger partial charge is 0.310 e. The molecule has 0 bridgehead atoms. The molecular weight excluding hydrogens is 204 g/mol. The topological polar surface area (TPSA) is 46.5 Å². The van der Waals surface area contributed by atoms with Crippen LogP contribution in [0.3, 0.4) is 0 Å². The number of rotatable bonds is 2. The normalized spacial score (nSPS) is 11.2. The number of hydrogen-bond donors (Lipinski definition) is 1. The van der Waals surface area contributed by atoms with Gasteiger partial charge in [0.15, 0.2) is 0 Å². The average Bonchev–Trinajstić information content (AvgIpc) is 2.19. The van der Waals surface area contributed by atoms with Crippen LogP contribution in [-0.4, -0.2) is 18.2 Å². The van der Waals surface area contributed by atoms with Crippen molar-refractivity contribution in [2.75, 3.05) is 7.11 Å². The van der Waals surface area contributed by atoms with E-state index in [0.717, 1.165) is 5.56 Å². The largest absolute Gasteiger partial charge is 0.508 e. The van der Waals surface area contributed by atoms with E-state index in [1.165, 1.54) is 7.11 Å². The number of carbonyl (C=O) groups is 1. The third kappa shape index (κ3) is 2.99. The summed E-state index contributed by atoms with van der Waals surface area (Å²) >= 11 is 0. The van der Waals surface area contributed by atoms with Gasteiger partial charge in [0.2, 0.25) is 0 Å². The molecule has 0 aromatic heterocycles. The van der Waals surface area contributed by atoms with Gasteiger partial charge in [0, 0.05) is 5.56 Å². The SMILES string of the molecule is COC(=O)Cc1cc(C(C)(C)C)ccc1O. The van der Waals surface area contributed by atoms with Gasteiger partial charge in [-0.05, 0) is 17.0 Å². The van der Waals surface area contributed by atoms with Crippen molar-refractivity contribution in [2.45, 2.75) is 32.6 Å². The van der Waals surface area contributed by atoms with E-state index in [0.29, 0.717) is 5.56 Å². The fourth-order valence-electron chi connectivity index (χ4n) is 1.42. The molecule has 3 nitrogen and oxygen atoms in total. The van der Waals surface area contributed by atoms with E-state index >= 15 is 0 Å². The summed E-state index contributed by atoms with van der Waals surface area (Å²) in [6, 6.07) is 5.35. The van der Waals surface area contributed by atoms with Gasteiger partial charge < -0.3 is 9.84 Å². The number of phenolic OH excluding ortho intramolecular Hbond substituents is 1. The van der Waals surface area contributed by atoms with Crippen molar-refractivity contribution in [1.82, 2.24) is 0 Å². The van der Waals surface area contributed by atoms with E-state index in [1.54, 1.807) is 6.07 Å². The van der Waals surface area contributed by atoms with Crippen molar-refractivity contribution in [1.29, 1.82) is 0 Å². The van der Waals surface area contributed by atoms with Crippen molar-refractivity contribution >= 4 is 5.97 Å². The van der Waals surface area contributed by atoms with Crippen LogP contribution >= 0.6 is 0 Å². The highest BCUT2D eigenvalue weighted by molar-refractivity contribution is 5.73. The summed E-state index contributed by atoms with van der Waals surface area (Å²) in [7, 11) is 1.34. The second-order valence-corrected chi connectivity index (χ2v) is 4.85. The lowest BCUT2D eigenvalue weighted by molar-refractivity contribution is -0.139. The fraction of sp³-hybridized carbons (Fsp3) is 0.462. The summed E-state index contributed by atoms with van der Waals surface area (Å²) in [5.74, 6) is -0.209. The molecular formula is C13H18O3. The van der Waals surface area contributed by atoms with Crippen LogP contribution < -0.4 is 0 Å². The van der Waals surface area contributed by atoms with Crippen molar-refractivity contribution in [3.63, 3.8) is 0 Å². The number of benzene rings is 1. The average molecular weight is 222 g/mol. The summed E-state index contributed by atoms with van der Waals surface area (Å²) in [6.07, 6.45) is 0.103. The third-order valence-electron chi connectivity index (χ3n) is 2.51. The first kappa shape index (κ1) is 12.6. The van der Waals surface area contributed by atoms with Crippen LogP contribution in [0.2, 0.25) is 0 Å². The quantitative estimate of drug-likeness (QED) is 0.782. The number of carbonyl (C=O) groups excluding carboxylic acids is 1. The summed E-state index contributed by atoms with van der Waals surface area (Å²) in [4.78, 5) is 11.2. The van der Waals surface area contributed by atoms with E-state index < -0.39 is 0 Å². The minimum atomic E-state index is -0.346. The van der Waals surface area contributed by atoms with E-state index in [1.807, 2.05) is 12.1 Å². The maximum atomic E-state index is 11.2. The number of phenols is 1. The first-order valence-electron chi connectivity index (χ1n) is 5.24. The molecule has 88 valence electrons. The van der Waals surface area contributed by atoms with Crippen LogP contribution in [0.4, 0.5) is 0 Å². The Kier molecular flexibility index (Phi) is 3.58. The van der Waals surface area contributed by atoms with Crippen molar-refractivity contribution in [3.8, 4) is 5.75 Å². The Hall–Kier alpha value is -1.51. The maximum Gasteiger partial charge on any atom is 0.310 e. The van der Waals surface area contributed by atoms with E-state index in [9.17, 15) is 9.90 Å². The predicted molar refractivity (Wildman–Crippen MR) is 62.5 cm³/mol. The Morgan fingerprint density at radius 1 is 1.38 bits per heavy atom. The third-order valence-corrected chi connectivity index (χ3v) is 2.51. The van der Waals surface area contributed by atoms with Crippen LogP contribution in [0.5, 0.6) is 5.75 Å². The lowest BCUT2D eigenvalue weighted by Crippen LogP contribution is -2.12. The maximum absolute atomic E-state index is 11.2. The van der Waals surface area contributed by atoms with Gasteiger partial charge in [-0.2, -0.15) is 0 Å². The van der Waals surface area contributed by atoms with Crippen molar-refractivity contribution < 1.29 is 14.6 Å². The molecule has 1 aromatic rings. The van der Waals surface area contributed by atoms with Crippen LogP contribution in [-0.2, 0) is 21.4 Å². The van der Waals surface area contributed by atoms with Gasteiger partial charge in [-0.15, -0.1) is 0 Å². The highest BCUT2D eigenvalue weighted by atomic mass is 16.5.